The minimum atomic E-state index is 1.26. The highest BCUT2D eigenvalue weighted by Crippen LogP contribution is 2.22. The molecule has 2 N–H and O–H groups in total. The van der Waals surface area contributed by atoms with Crippen molar-refractivity contribution in [3.05, 3.63) is 36.4 Å². The van der Waals surface area contributed by atoms with Crippen molar-refractivity contribution < 1.29 is 5.32 Å². The van der Waals surface area contributed by atoms with Crippen molar-refractivity contribution in [1.82, 2.24) is 0 Å². The van der Waals surface area contributed by atoms with Gasteiger partial charge >= 0.3 is 0 Å². The first-order valence-electron chi connectivity index (χ1n) is 4.14. The fourth-order valence-corrected chi connectivity index (χ4v) is 1.72. The smallest absolute Gasteiger partial charge is 0.103 e. The van der Waals surface area contributed by atoms with Crippen LogP contribution in [0.2, 0.25) is 0 Å². The van der Waals surface area contributed by atoms with E-state index in [0.717, 1.165) is 0 Å². The molecule has 0 aromatic heterocycles. The number of nitrogens with two attached hydrogens (primary N) is 1. The van der Waals surface area contributed by atoms with Crippen LogP contribution in [0, 0.1) is 7.05 Å². The number of aryl methyl sites for hydroxylation is 2. The SMILES string of the molecule is [CH2-][NH2+]c1ccc2c(c1)CCC2. The van der Waals surface area contributed by atoms with E-state index in [1.54, 1.807) is 0 Å². The van der Waals surface area contributed by atoms with Crippen molar-refractivity contribution in [1.29, 1.82) is 0 Å². The Morgan fingerprint density at radius 2 is 2.00 bits per heavy atom. The first kappa shape index (κ1) is 6.86. The van der Waals surface area contributed by atoms with Gasteiger partial charge in [-0.2, -0.15) is 0 Å². The second-order valence-electron chi connectivity index (χ2n) is 3.09. The van der Waals surface area contributed by atoms with Crippen molar-refractivity contribution >= 4 is 5.69 Å². The highest BCUT2D eigenvalue weighted by atomic mass is 14.8. The van der Waals surface area contributed by atoms with Crippen LogP contribution in [-0.2, 0) is 12.8 Å². The Morgan fingerprint density at radius 1 is 1.18 bits per heavy atom. The van der Waals surface area contributed by atoms with Crippen molar-refractivity contribution in [3.8, 4) is 0 Å². The quantitative estimate of drug-likeness (QED) is 0.453. The van der Waals surface area contributed by atoms with Crippen LogP contribution >= 0.6 is 0 Å². The molecule has 0 atom stereocenters. The molecule has 0 heterocycles. The lowest BCUT2D eigenvalue weighted by atomic mass is 10.1. The molecule has 0 amide bonds. The molecule has 0 saturated heterocycles. The molecular formula is C10H13N. The molecule has 0 radical (unpaired) electrons. The maximum absolute atomic E-state index is 3.76. The number of quaternary nitrogens is 1. The summed E-state index contributed by atoms with van der Waals surface area (Å²) in [6, 6.07) is 6.64. The van der Waals surface area contributed by atoms with Crippen molar-refractivity contribution in [2.45, 2.75) is 19.3 Å². The van der Waals surface area contributed by atoms with Gasteiger partial charge in [-0.15, -0.1) is 7.05 Å². The lowest BCUT2D eigenvalue weighted by Gasteiger charge is -2.02. The van der Waals surface area contributed by atoms with Gasteiger partial charge in [0.25, 0.3) is 0 Å². The minimum Gasteiger partial charge on any atom is -0.446 e. The molecule has 0 spiro atoms. The largest absolute Gasteiger partial charge is 0.446 e. The van der Waals surface area contributed by atoms with Gasteiger partial charge in [0.2, 0.25) is 0 Å². The predicted octanol–water partition coefficient (Wildman–Crippen LogP) is 1.16. The standard InChI is InChI=1S/C10H13N/c1-11-10-6-5-8-3-2-4-9(8)7-10/h5-7H,1-4,11H2. The molecule has 1 aromatic rings. The normalized spacial score (nSPS) is 15.0. The monoisotopic (exact) mass is 147 g/mol. The van der Waals surface area contributed by atoms with E-state index >= 15 is 0 Å². The van der Waals surface area contributed by atoms with Gasteiger partial charge in [-0.25, -0.2) is 0 Å². The highest BCUT2D eigenvalue weighted by molar-refractivity contribution is 5.41. The number of hydrogen-bond acceptors (Lipinski definition) is 0. The van der Waals surface area contributed by atoms with Gasteiger partial charge < -0.3 is 5.32 Å². The Balaban J connectivity index is 2.41. The zero-order valence-electron chi connectivity index (χ0n) is 6.64. The van der Waals surface area contributed by atoms with Crippen molar-refractivity contribution in [2.24, 2.45) is 0 Å². The fourth-order valence-electron chi connectivity index (χ4n) is 1.72. The summed E-state index contributed by atoms with van der Waals surface area (Å²) in [6.07, 6.45) is 3.86. The van der Waals surface area contributed by atoms with Crippen molar-refractivity contribution in [2.75, 3.05) is 0 Å². The Bertz CT molecular complexity index is 266. The second-order valence-corrected chi connectivity index (χ2v) is 3.09. The van der Waals surface area contributed by atoms with Gasteiger partial charge in [-0.1, -0.05) is 6.07 Å². The Morgan fingerprint density at radius 3 is 2.82 bits per heavy atom. The van der Waals surface area contributed by atoms with E-state index in [1.807, 2.05) is 5.32 Å². The van der Waals surface area contributed by atoms with Gasteiger partial charge in [0.05, 0.1) is 0 Å². The summed E-state index contributed by atoms with van der Waals surface area (Å²) < 4.78 is 0. The van der Waals surface area contributed by atoms with Gasteiger partial charge in [-0.3, -0.25) is 0 Å². The zero-order chi connectivity index (χ0) is 7.68. The predicted molar refractivity (Wildman–Crippen MR) is 45.4 cm³/mol. The molecule has 1 nitrogen and oxygen atoms in total. The van der Waals surface area contributed by atoms with Gasteiger partial charge in [0.1, 0.15) is 5.69 Å². The Kier molecular flexibility index (Phi) is 1.66. The van der Waals surface area contributed by atoms with Gasteiger partial charge in [-0.05, 0) is 36.5 Å². The number of hydrogen-bond donors (Lipinski definition) is 1. The molecule has 1 heteroatoms. The van der Waals surface area contributed by atoms with E-state index in [9.17, 15) is 0 Å². The maximum atomic E-state index is 3.76. The molecule has 0 unspecified atom stereocenters. The van der Waals surface area contributed by atoms with E-state index in [1.165, 1.54) is 36.1 Å². The average molecular weight is 147 g/mol. The van der Waals surface area contributed by atoms with Crippen LogP contribution in [0.15, 0.2) is 18.2 Å². The summed E-state index contributed by atoms with van der Waals surface area (Å²) in [5.41, 5.74) is 4.32. The van der Waals surface area contributed by atoms with E-state index in [-0.39, 0.29) is 0 Å². The van der Waals surface area contributed by atoms with Crippen LogP contribution in [0.1, 0.15) is 17.5 Å². The summed E-state index contributed by atoms with van der Waals surface area (Å²) in [5, 5.41) is 1.92. The van der Waals surface area contributed by atoms with E-state index in [4.69, 9.17) is 0 Å². The molecule has 0 saturated carbocycles. The first-order chi connectivity index (χ1) is 5.40. The molecule has 1 aromatic carbocycles. The van der Waals surface area contributed by atoms with E-state index in [2.05, 4.69) is 25.2 Å². The molecule has 0 bridgehead atoms. The Hall–Kier alpha value is -0.820. The van der Waals surface area contributed by atoms with Gasteiger partial charge in [0.15, 0.2) is 0 Å². The van der Waals surface area contributed by atoms with Crippen LogP contribution in [-0.4, -0.2) is 0 Å². The molecule has 0 fully saturated rings. The zero-order valence-corrected chi connectivity index (χ0v) is 6.64. The summed E-state index contributed by atoms with van der Waals surface area (Å²) >= 11 is 0. The summed E-state index contributed by atoms with van der Waals surface area (Å²) in [6.45, 7) is 0. The topological polar surface area (TPSA) is 16.6 Å². The molecule has 11 heavy (non-hydrogen) atoms. The number of benzene rings is 1. The number of fused-ring (bicyclic) bond motifs is 1. The minimum absolute atomic E-state index is 1.26. The summed E-state index contributed by atoms with van der Waals surface area (Å²) in [7, 11) is 3.76. The van der Waals surface area contributed by atoms with Crippen LogP contribution in [0.3, 0.4) is 0 Å². The number of rotatable bonds is 1. The lowest BCUT2D eigenvalue weighted by Crippen LogP contribution is -2.69. The van der Waals surface area contributed by atoms with Gasteiger partial charge in [0, 0.05) is 6.07 Å². The average Bonchev–Trinajstić information content (AvgIpc) is 2.50. The summed E-state index contributed by atoms with van der Waals surface area (Å²) in [4.78, 5) is 0. The third-order valence-electron chi connectivity index (χ3n) is 2.36. The van der Waals surface area contributed by atoms with Crippen molar-refractivity contribution in [3.63, 3.8) is 0 Å². The second kappa shape index (κ2) is 2.67. The van der Waals surface area contributed by atoms with Crippen LogP contribution in [0.4, 0.5) is 5.69 Å². The molecule has 0 aliphatic heterocycles. The molecule has 1 aliphatic carbocycles. The van der Waals surface area contributed by atoms with Crippen LogP contribution < -0.4 is 5.32 Å². The Labute approximate surface area is 67.4 Å². The third kappa shape index (κ3) is 1.16. The van der Waals surface area contributed by atoms with E-state index < -0.39 is 0 Å². The molecule has 58 valence electrons. The summed E-state index contributed by atoms with van der Waals surface area (Å²) in [5.74, 6) is 0. The molecular weight excluding hydrogens is 134 g/mol. The van der Waals surface area contributed by atoms with E-state index in [0.29, 0.717) is 0 Å². The lowest BCUT2D eigenvalue weighted by molar-refractivity contribution is -0.504. The first-order valence-corrected chi connectivity index (χ1v) is 4.14. The third-order valence-corrected chi connectivity index (χ3v) is 2.36. The molecule has 1 aliphatic rings. The van der Waals surface area contributed by atoms with Crippen LogP contribution in [0.5, 0.6) is 0 Å². The highest BCUT2D eigenvalue weighted by Gasteiger charge is 2.10. The molecule has 2 rings (SSSR count). The van der Waals surface area contributed by atoms with Crippen LogP contribution in [0.25, 0.3) is 0 Å². The fraction of sp³-hybridized carbons (Fsp3) is 0.300. The maximum Gasteiger partial charge on any atom is 0.103 e.